The molecule has 2 rings (SSSR count). The third-order valence-corrected chi connectivity index (χ3v) is 4.00. The van der Waals surface area contributed by atoms with E-state index in [2.05, 4.69) is 15.4 Å². The molecule has 1 aromatic rings. The predicted octanol–water partition coefficient (Wildman–Crippen LogP) is 2.36. The Bertz CT molecular complexity index is 490. The van der Waals surface area contributed by atoms with Gasteiger partial charge in [0.15, 0.2) is 0 Å². The Labute approximate surface area is 143 Å². The summed E-state index contributed by atoms with van der Waals surface area (Å²) in [5.74, 6) is -0.231. The van der Waals surface area contributed by atoms with Gasteiger partial charge in [-0.15, -0.1) is 12.4 Å². The smallest absolute Gasteiger partial charge is 0.305 e. The van der Waals surface area contributed by atoms with Gasteiger partial charge in [-0.1, -0.05) is 30.3 Å². The van der Waals surface area contributed by atoms with E-state index >= 15 is 0 Å². The highest BCUT2D eigenvalue weighted by atomic mass is 35.5. The molecule has 128 valence electrons. The molecule has 5 nitrogen and oxygen atoms in total. The molecule has 2 N–H and O–H groups in total. The third-order valence-electron chi connectivity index (χ3n) is 4.00. The van der Waals surface area contributed by atoms with Gasteiger partial charge in [-0.2, -0.15) is 0 Å². The van der Waals surface area contributed by atoms with Gasteiger partial charge >= 0.3 is 5.97 Å². The van der Waals surface area contributed by atoms with E-state index in [9.17, 15) is 9.59 Å². The number of halogens is 1. The van der Waals surface area contributed by atoms with Crippen LogP contribution in [0.1, 0.15) is 43.7 Å². The average molecular weight is 341 g/mol. The highest BCUT2D eigenvalue weighted by Gasteiger charge is 2.21. The number of ether oxygens (including phenoxy) is 1. The Morgan fingerprint density at radius 2 is 2.09 bits per heavy atom. The fourth-order valence-electron chi connectivity index (χ4n) is 2.78. The molecule has 1 amide bonds. The first-order valence-electron chi connectivity index (χ1n) is 7.83. The molecule has 0 spiro atoms. The fourth-order valence-corrected chi connectivity index (χ4v) is 2.78. The predicted molar refractivity (Wildman–Crippen MR) is 91.5 cm³/mol. The lowest BCUT2D eigenvalue weighted by molar-refractivity contribution is -0.141. The molecule has 1 saturated heterocycles. The number of benzene rings is 1. The normalized spacial score (nSPS) is 17.9. The first-order chi connectivity index (χ1) is 10.7. The van der Waals surface area contributed by atoms with Crippen LogP contribution in [0.15, 0.2) is 30.3 Å². The Morgan fingerprint density at radius 1 is 1.35 bits per heavy atom. The number of rotatable bonds is 7. The van der Waals surface area contributed by atoms with E-state index in [-0.39, 0.29) is 42.8 Å². The van der Waals surface area contributed by atoms with Gasteiger partial charge in [-0.3, -0.25) is 9.59 Å². The number of methoxy groups -OCH3 is 1. The van der Waals surface area contributed by atoms with Crippen molar-refractivity contribution in [2.45, 2.75) is 44.2 Å². The molecule has 0 bridgehead atoms. The van der Waals surface area contributed by atoms with Crippen LogP contribution in [0.4, 0.5) is 0 Å². The maximum atomic E-state index is 12.2. The van der Waals surface area contributed by atoms with Crippen LogP contribution in [0.2, 0.25) is 0 Å². The van der Waals surface area contributed by atoms with Gasteiger partial charge in [0.1, 0.15) is 0 Å². The van der Waals surface area contributed by atoms with Gasteiger partial charge in [0.25, 0.3) is 0 Å². The number of nitrogens with one attached hydrogen (secondary N) is 2. The number of hydrogen-bond donors (Lipinski definition) is 2. The van der Waals surface area contributed by atoms with Crippen LogP contribution >= 0.6 is 12.4 Å². The van der Waals surface area contributed by atoms with Crippen molar-refractivity contribution in [1.82, 2.24) is 10.6 Å². The summed E-state index contributed by atoms with van der Waals surface area (Å²) in [6.45, 7) is 0.988. The molecule has 1 aromatic carbocycles. The second kappa shape index (κ2) is 10.2. The van der Waals surface area contributed by atoms with Crippen molar-refractivity contribution in [1.29, 1.82) is 0 Å². The first-order valence-corrected chi connectivity index (χ1v) is 7.83. The summed E-state index contributed by atoms with van der Waals surface area (Å²) in [6, 6.07) is 9.86. The highest BCUT2D eigenvalue weighted by Crippen LogP contribution is 2.19. The topological polar surface area (TPSA) is 67.4 Å². The van der Waals surface area contributed by atoms with Gasteiger partial charge in [0.05, 0.1) is 13.2 Å². The summed E-state index contributed by atoms with van der Waals surface area (Å²) < 4.78 is 4.69. The molecular formula is C17H25ClN2O3. The SMILES string of the molecule is COC(=O)CCC(NC(=O)CC1CCCN1)c1ccccc1.Cl. The zero-order chi connectivity index (χ0) is 15.8. The molecule has 2 atom stereocenters. The van der Waals surface area contributed by atoms with E-state index in [1.165, 1.54) is 7.11 Å². The lowest BCUT2D eigenvalue weighted by Crippen LogP contribution is -2.34. The zero-order valence-electron chi connectivity index (χ0n) is 13.4. The Kier molecular flexibility index (Phi) is 8.66. The molecule has 1 aliphatic heterocycles. The molecule has 1 aliphatic rings. The quantitative estimate of drug-likeness (QED) is 0.748. The van der Waals surface area contributed by atoms with Crippen molar-refractivity contribution in [3.63, 3.8) is 0 Å². The summed E-state index contributed by atoms with van der Waals surface area (Å²) in [7, 11) is 1.38. The van der Waals surface area contributed by atoms with Gasteiger partial charge in [-0.05, 0) is 31.4 Å². The van der Waals surface area contributed by atoms with Crippen LogP contribution in [0.25, 0.3) is 0 Å². The van der Waals surface area contributed by atoms with Gasteiger partial charge in [0.2, 0.25) is 5.91 Å². The zero-order valence-corrected chi connectivity index (χ0v) is 14.2. The summed E-state index contributed by atoms with van der Waals surface area (Å²) >= 11 is 0. The minimum atomic E-state index is -0.257. The van der Waals surface area contributed by atoms with E-state index in [0.29, 0.717) is 12.8 Å². The largest absolute Gasteiger partial charge is 0.469 e. The van der Waals surface area contributed by atoms with E-state index in [0.717, 1.165) is 24.9 Å². The Balaban J connectivity index is 0.00000264. The standard InChI is InChI=1S/C17H24N2O3.ClH/c1-22-17(21)10-9-15(13-6-3-2-4-7-13)19-16(20)12-14-8-5-11-18-14;/h2-4,6-7,14-15,18H,5,8-12H2,1H3,(H,19,20);1H. The second-order valence-corrected chi connectivity index (χ2v) is 5.64. The molecule has 0 aliphatic carbocycles. The lowest BCUT2D eigenvalue weighted by atomic mass is 10.0. The summed E-state index contributed by atoms with van der Waals surface area (Å²) in [5, 5.41) is 6.38. The van der Waals surface area contributed by atoms with Crippen molar-refractivity contribution in [3.05, 3.63) is 35.9 Å². The maximum absolute atomic E-state index is 12.2. The fraction of sp³-hybridized carbons (Fsp3) is 0.529. The summed E-state index contributed by atoms with van der Waals surface area (Å²) in [6.07, 6.45) is 3.49. The molecule has 1 fully saturated rings. The van der Waals surface area contributed by atoms with Crippen LogP contribution in [0.5, 0.6) is 0 Å². The number of hydrogen-bond acceptors (Lipinski definition) is 4. The van der Waals surface area contributed by atoms with E-state index in [4.69, 9.17) is 0 Å². The van der Waals surface area contributed by atoms with E-state index < -0.39 is 0 Å². The average Bonchev–Trinajstić information content (AvgIpc) is 3.04. The molecule has 1 heterocycles. The third kappa shape index (κ3) is 6.59. The van der Waals surface area contributed by atoms with Crippen LogP contribution < -0.4 is 10.6 Å². The van der Waals surface area contributed by atoms with Crippen molar-refractivity contribution < 1.29 is 14.3 Å². The second-order valence-electron chi connectivity index (χ2n) is 5.64. The number of amides is 1. The Hall–Kier alpha value is -1.59. The van der Waals surface area contributed by atoms with Crippen molar-refractivity contribution in [2.75, 3.05) is 13.7 Å². The first kappa shape index (κ1) is 19.5. The van der Waals surface area contributed by atoms with E-state index in [1.807, 2.05) is 30.3 Å². The minimum absolute atomic E-state index is 0. The monoisotopic (exact) mass is 340 g/mol. The van der Waals surface area contributed by atoms with Crippen LogP contribution in [0, 0.1) is 0 Å². The molecule has 23 heavy (non-hydrogen) atoms. The molecule has 0 saturated carbocycles. The molecule has 0 radical (unpaired) electrons. The number of esters is 1. The Morgan fingerprint density at radius 3 is 2.70 bits per heavy atom. The van der Waals surface area contributed by atoms with Crippen LogP contribution in [-0.4, -0.2) is 31.6 Å². The lowest BCUT2D eigenvalue weighted by Gasteiger charge is -2.20. The summed E-state index contributed by atoms with van der Waals surface area (Å²) in [5.41, 5.74) is 1.01. The van der Waals surface area contributed by atoms with E-state index in [1.54, 1.807) is 0 Å². The molecule has 6 heteroatoms. The minimum Gasteiger partial charge on any atom is -0.469 e. The molecule has 0 aromatic heterocycles. The maximum Gasteiger partial charge on any atom is 0.305 e. The van der Waals surface area contributed by atoms with Crippen LogP contribution in [-0.2, 0) is 14.3 Å². The number of carbonyl (C=O) groups excluding carboxylic acids is 2. The number of carbonyl (C=O) groups is 2. The van der Waals surface area contributed by atoms with Gasteiger partial charge in [-0.25, -0.2) is 0 Å². The molecule has 2 unspecified atom stereocenters. The summed E-state index contributed by atoms with van der Waals surface area (Å²) in [4.78, 5) is 23.6. The highest BCUT2D eigenvalue weighted by molar-refractivity contribution is 5.85. The van der Waals surface area contributed by atoms with Crippen molar-refractivity contribution in [2.24, 2.45) is 0 Å². The van der Waals surface area contributed by atoms with Crippen molar-refractivity contribution in [3.8, 4) is 0 Å². The van der Waals surface area contributed by atoms with Crippen LogP contribution in [0.3, 0.4) is 0 Å². The molecular weight excluding hydrogens is 316 g/mol. The van der Waals surface area contributed by atoms with Gasteiger partial charge < -0.3 is 15.4 Å². The van der Waals surface area contributed by atoms with Crippen molar-refractivity contribution >= 4 is 24.3 Å². The van der Waals surface area contributed by atoms with Gasteiger partial charge in [0, 0.05) is 18.9 Å².